The minimum absolute atomic E-state index is 0.253. The molecule has 3 rings (SSSR count). The summed E-state index contributed by atoms with van der Waals surface area (Å²) >= 11 is 0. The molecule has 0 saturated carbocycles. The molecule has 112 valence electrons. The summed E-state index contributed by atoms with van der Waals surface area (Å²) < 4.78 is 18.0. The van der Waals surface area contributed by atoms with Gasteiger partial charge in [-0.1, -0.05) is 0 Å². The van der Waals surface area contributed by atoms with Gasteiger partial charge in [-0.2, -0.15) is 5.10 Å². The quantitative estimate of drug-likeness (QED) is 0.817. The van der Waals surface area contributed by atoms with Gasteiger partial charge in [-0.15, -0.1) is 0 Å². The van der Waals surface area contributed by atoms with Crippen LogP contribution in [0.3, 0.4) is 0 Å². The lowest BCUT2D eigenvalue weighted by Gasteiger charge is -2.09. The Morgan fingerprint density at radius 2 is 2.29 bits per heavy atom. The summed E-state index contributed by atoms with van der Waals surface area (Å²) in [5, 5.41) is 7.57. The van der Waals surface area contributed by atoms with Gasteiger partial charge in [-0.05, 0) is 23.8 Å². The number of rotatable bonds is 6. The van der Waals surface area contributed by atoms with E-state index in [9.17, 15) is 0 Å². The second-order valence-corrected chi connectivity index (χ2v) is 4.90. The number of aryl methyl sites for hydroxylation is 1. The molecule has 0 spiro atoms. The number of methoxy groups -OCH3 is 1. The zero-order valence-electron chi connectivity index (χ0n) is 12.3. The Hall–Kier alpha value is -2.21. The first-order chi connectivity index (χ1) is 10.3. The Bertz CT molecular complexity index is 625. The van der Waals surface area contributed by atoms with Gasteiger partial charge in [0.2, 0.25) is 12.5 Å². The summed E-state index contributed by atoms with van der Waals surface area (Å²) in [7, 11) is 3.59. The van der Waals surface area contributed by atoms with Crippen LogP contribution in [0.2, 0.25) is 0 Å². The Morgan fingerprint density at radius 3 is 3.05 bits per heavy atom. The third-order valence-electron chi connectivity index (χ3n) is 3.53. The molecular formula is C15H19N3O3. The molecule has 1 aliphatic rings. The molecule has 0 bridgehead atoms. The number of hydrogen-bond acceptors (Lipinski definition) is 5. The topological polar surface area (TPSA) is 57.5 Å². The molecule has 0 atom stereocenters. The maximum absolute atomic E-state index is 5.42. The van der Waals surface area contributed by atoms with Crippen LogP contribution in [0, 0.1) is 0 Å². The standard InChI is InChI=1S/C15H19N3O3/c1-18-12(4-6-17-18)3-5-16-9-11-7-13(19-2)15-14(8-11)20-10-21-15/h4,6-8,16H,3,5,9-10H2,1-2H3. The first kappa shape index (κ1) is 13.8. The fraction of sp³-hybridized carbons (Fsp3) is 0.400. The Balaban J connectivity index is 1.57. The summed E-state index contributed by atoms with van der Waals surface area (Å²) in [5.41, 5.74) is 2.33. The van der Waals surface area contributed by atoms with Crippen LogP contribution in [0.4, 0.5) is 0 Å². The number of aromatic nitrogens is 2. The molecule has 0 fully saturated rings. The molecule has 0 amide bonds. The number of nitrogens with zero attached hydrogens (tertiary/aromatic N) is 2. The molecule has 0 aliphatic carbocycles. The van der Waals surface area contributed by atoms with Gasteiger partial charge in [0.1, 0.15) is 0 Å². The van der Waals surface area contributed by atoms with Gasteiger partial charge in [0.25, 0.3) is 0 Å². The van der Waals surface area contributed by atoms with Crippen molar-refractivity contribution in [3.8, 4) is 17.2 Å². The van der Waals surface area contributed by atoms with Gasteiger partial charge >= 0.3 is 0 Å². The van der Waals surface area contributed by atoms with E-state index in [1.54, 1.807) is 7.11 Å². The van der Waals surface area contributed by atoms with Crippen molar-refractivity contribution in [2.45, 2.75) is 13.0 Å². The van der Waals surface area contributed by atoms with Crippen molar-refractivity contribution in [1.82, 2.24) is 15.1 Å². The monoisotopic (exact) mass is 289 g/mol. The van der Waals surface area contributed by atoms with Crippen molar-refractivity contribution in [2.24, 2.45) is 7.05 Å². The summed E-state index contributed by atoms with van der Waals surface area (Å²) in [5.74, 6) is 2.15. The van der Waals surface area contributed by atoms with E-state index in [0.717, 1.165) is 30.8 Å². The molecule has 0 unspecified atom stereocenters. The summed E-state index contributed by atoms with van der Waals surface area (Å²) in [6.07, 6.45) is 2.76. The van der Waals surface area contributed by atoms with Gasteiger partial charge in [-0.3, -0.25) is 4.68 Å². The summed E-state index contributed by atoms with van der Waals surface area (Å²) in [6, 6.07) is 6.00. The van der Waals surface area contributed by atoms with Crippen molar-refractivity contribution in [2.75, 3.05) is 20.4 Å². The molecule has 1 aromatic heterocycles. The highest BCUT2D eigenvalue weighted by atomic mass is 16.7. The van der Waals surface area contributed by atoms with Crippen LogP contribution in [-0.4, -0.2) is 30.2 Å². The van der Waals surface area contributed by atoms with E-state index in [-0.39, 0.29) is 6.79 Å². The van der Waals surface area contributed by atoms with E-state index in [0.29, 0.717) is 11.5 Å². The van der Waals surface area contributed by atoms with Crippen molar-refractivity contribution >= 4 is 0 Å². The number of ether oxygens (including phenoxy) is 3. The van der Waals surface area contributed by atoms with Crippen LogP contribution >= 0.6 is 0 Å². The van der Waals surface area contributed by atoms with Gasteiger partial charge in [0.15, 0.2) is 11.5 Å². The predicted octanol–water partition coefficient (Wildman–Crippen LogP) is 1.49. The molecule has 6 heteroatoms. The first-order valence-electron chi connectivity index (χ1n) is 6.92. The molecule has 1 aromatic carbocycles. The Morgan fingerprint density at radius 1 is 1.38 bits per heavy atom. The number of benzene rings is 1. The summed E-state index contributed by atoms with van der Waals surface area (Å²) in [6.45, 7) is 1.89. The van der Waals surface area contributed by atoms with E-state index in [4.69, 9.17) is 14.2 Å². The second-order valence-electron chi connectivity index (χ2n) is 4.90. The van der Waals surface area contributed by atoms with Crippen molar-refractivity contribution < 1.29 is 14.2 Å². The Labute approximate surface area is 123 Å². The zero-order valence-corrected chi connectivity index (χ0v) is 12.3. The highest BCUT2D eigenvalue weighted by molar-refractivity contribution is 5.55. The lowest BCUT2D eigenvalue weighted by atomic mass is 10.2. The second kappa shape index (κ2) is 6.05. The van der Waals surface area contributed by atoms with E-state index >= 15 is 0 Å². The molecule has 0 radical (unpaired) electrons. The average molecular weight is 289 g/mol. The van der Waals surface area contributed by atoms with Gasteiger partial charge in [-0.25, -0.2) is 0 Å². The van der Waals surface area contributed by atoms with Crippen LogP contribution in [0.1, 0.15) is 11.3 Å². The fourth-order valence-corrected chi connectivity index (χ4v) is 2.38. The largest absolute Gasteiger partial charge is 0.493 e. The normalized spacial score (nSPS) is 12.7. The average Bonchev–Trinajstić information content (AvgIpc) is 3.11. The Kier molecular flexibility index (Phi) is 3.96. The molecule has 1 aliphatic heterocycles. The van der Waals surface area contributed by atoms with Crippen LogP contribution in [0.25, 0.3) is 0 Å². The van der Waals surface area contributed by atoms with E-state index in [2.05, 4.69) is 10.4 Å². The van der Waals surface area contributed by atoms with Crippen molar-refractivity contribution in [3.63, 3.8) is 0 Å². The van der Waals surface area contributed by atoms with E-state index in [1.165, 1.54) is 5.69 Å². The fourth-order valence-electron chi connectivity index (χ4n) is 2.38. The SMILES string of the molecule is COc1cc(CNCCc2ccnn2C)cc2c1OCO2. The van der Waals surface area contributed by atoms with Gasteiger partial charge < -0.3 is 19.5 Å². The van der Waals surface area contributed by atoms with Crippen LogP contribution in [0.5, 0.6) is 17.2 Å². The molecular weight excluding hydrogens is 270 g/mol. The van der Waals surface area contributed by atoms with Crippen LogP contribution in [-0.2, 0) is 20.0 Å². The molecule has 21 heavy (non-hydrogen) atoms. The lowest BCUT2D eigenvalue weighted by molar-refractivity contribution is 0.171. The molecule has 2 heterocycles. The zero-order chi connectivity index (χ0) is 14.7. The molecule has 6 nitrogen and oxygen atoms in total. The minimum Gasteiger partial charge on any atom is -0.493 e. The van der Waals surface area contributed by atoms with Gasteiger partial charge in [0.05, 0.1) is 7.11 Å². The highest BCUT2D eigenvalue weighted by Gasteiger charge is 2.19. The highest BCUT2D eigenvalue weighted by Crippen LogP contribution is 2.41. The number of hydrogen-bond donors (Lipinski definition) is 1. The minimum atomic E-state index is 0.253. The van der Waals surface area contributed by atoms with E-state index in [1.807, 2.05) is 36.1 Å². The van der Waals surface area contributed by atoms with Gasteiger partial charge in [0, 0.05) is 38.4 Å². The molecule has 0 saturated heterocycles. The van der Waals surface area contributed by atoms with Crippen LogP contribution < -0.4 is 19.5 Å². The first-order valence-corrected chi connectivity index (χ1v) is 6.92. The maximum Gasteiger partial charge on any atom is 0.231 e. The lowest BCUT2D eigenvalue weighted by Crippen LogP contribution is -2.18. The van der Waals surface area contributed by atoms with E-state index < -0.39 is 0 Å². The predicted molar refractivity (Wildman–Crippen MR) is 77.7 cm³/mol. The van der Waals surface area contributed by atoms with Crippen molar-refractivity contribution in [1.29, 1.82) is 0 Å². The molecule has 2 aromatic rings. The third-order valence-corrected chi connectivity index (χ3v) is 3.53. The smallest absolute Gasteiger partial charge is 0.231 e. The van der Waals surface area contributed by atoms with Crippen molar-refractivity contribution in [3.05, 3.63) is 35.7 Å². The number of nitrogens with one attached hydrogen (secondary N) is 1. The van der Waals surface area contributed by atoms with Crippen LogP contribution in [0.15, 0.2) is 24.4 Å². The maximum atomic E-state index is 5.42. The number of fused-ring (bicyclic) bond motifs is 1. The third kappa shape index (κ3) is 2.95. The summed E-state index contributed by atoms with van der Waals surface area (Å²) in [4.78, 5) is 0. The molecule has 1 N–H and O–H groups in total.